The Kier molecular flexibility index (Phi) is 5.91. The number of hydrogen-bond acceptors (Lipinski definition) is 6. The number of hydrogen-bond donors (Lipinski definition) is 1. The van der Waals surface area contributed by atoms with Crippen molar-refractivity contribution < 1.29 is 23.8 Å². The van der Waals surface area contributed by atoms with Crippen molar-refractivity contribution in [2.24, 2.45) is 0 Å². The van der Waals surface area contributed by atoms with Gasteiger partial charge in [-0.15, -0.1) is 0 Å². The summed E-state index contributed by atoms with van der Waals surface area (Å²) in [4.78, 5) is 16.3. The van der Waals surface area contributed by atoms with Gasteiger partial charge in [0.1, 0.15) is 23.2 Å². The minimum atomic E-state index is -0.501. The van der Waals surface area contributed by atoms with Gasteiger partial charge in [0.15, 0.2) is 11.3 Å². The van der Waals surface area contributed by atoms with Gasteiger partial charge in [-0.1, -0.05) is 11.8 Å². The first-order valence-electron chi connectivity index (χ1n) is 10.0. The van der Waals surface area contributed by atoms with E-state index in [0.717, 1.165) is 0 Å². The summed E-state index contributed by atoms with van der Waals surface area (Å²) in [6.07, 6.45) is 1.02. The lowest BCUT2D eigenvalue weighted by Crippen LogP contribution is -2.55. The van der Waals surface area contributed by atoms with Gasteiger partial charge in [-0.3, -0.25) is 4.90 Å². The molecular formula is C23H30N2O5. The molecule has 7 heteroatoms. The number of rotatable bonds is 2. The number of carbonyl (C=O) groups is 1. The van der Waals surface area contributed by atoms with E-state index >= 15 is 0 Å². The fourth-order valence-corrected chi connectivity index (χ4v) is 3.42. The monoisotopic (exact) mass is 414 g/mol. The molecule has 1 N–H and O–H groups in total. The second kappa shape index (κ2) is 8.11. The first-order valence-corrected chi connectivity index (χ1v) is 10.0. The number of ether oxygens (including phenoxy) is 2. The van der Waals surface area contributed by atoms with Crippen molar-refractivity contribution in [2.75, 3.05) is 33.3 Å². The van der Waals surface area contributed by atoms with E-state index in [2.05, 4.69) is 30.6 Å². The van der Waals surface area contributed by atoms with Gasteiger partial charge in [0.05, 0.1) is 18.0 Å². The van der Waals surface area contributed by atoms with Crippen LogP contribution in [0.1, 0.15) is 40.2 Å². The molecule has 0 unspecified atom stereocenters. The molecule has 1 aliphatic rings. The van der Waals surface area contributed by atoms with Gasteiger partial charge in [0.25, 0.3) is 0 Å². The van der Waals surface area contributed by atoms with Gasteiger partial charge >= 0.3 is 6.09 Å². The molecule has 7 nitrogen and oxygen atoms in total. The van der Waals surface area contributed by atoms with E-state index in [1.165, 1.54) is 6.26 Å². The average molecular weight is 415 g/mol. The standard InChI is InChI=1S/C23H30N2O5/c1-22(2,3)30-21(27)24-11-13-25(14-12-24)23(4,5)10-9-17-19(28-6)8-7-16-18(26)15-29-20(16)17/h7-8,15,26H,11-14H2,1-6H3. The normalized spacial score (nSPS) is 15.6. The second-order valence-electron chi connectivity index (χ2n) is 8.90. The molecule has 162 valence electrons. The van der Waals surface area contributed by atoms with Crippen molar-refractivity contribution in [3.8, 4) is 23.3 Å². The predicted molar refractivity (Wildman–Crippen MR) is 115 cm³/mol. The van der Waals surface area contributed by atoms with Gasteiger partial charge in [-0.25, -0.2) is 4.79 Å². The fraction of sp³-hybridized carbons (Fsp3) is 0.522. The largest absolute Gasteiger partial charge is 0.504 e. The Morgan fingerprint density at radius 3 is 2.40 bits per heavy atom. The summed E-state index contributed by atoms with van der Waals surface area (Å²) in [6.45, 7) is 12.3. The highest BCUT2D eigenvalue weighted by Gasteiger charge is 2.31. The molecular weight excluding hydrogens is 384 g/mol. The summed E-state index contributed by atoms with van der Waals surface area (Å²) < 4.78 is 16.4. The highest BCUT2D eigenvalue weighted by molar-refractivity contribution is 5.90. The van der Waals surface area contributed by atoms with E-state index < -0.39 is 11.1 Å². The van der Waals surface area contributed by atoms with E-state index in [1.807, 2.05) is 20.8 Å². The molecule has 3 rings (SSSR count). The number of benzene rings is 1. The molecule has 0 atom stereocenters. The van der Waals surface area contributed by atoms with Crippen LogP contribution in [0.5, 0.6) is 11.5 Å². The third kappa shape index (κ3) is 4.65. The van der Waals surface area contributed by atoms with E-state index in [4.69, 9.17) is 13.9 Å². The number of piperazine rings is 1. The molecule has 2 aromatic rings. The van der Waals surface area contributed by atoms with E-state index in [9.17, 15) is 9.90 Å². The Morgan fingerprint density at radius 1 is 1.13 bits per heavy atom. The Hall–Kier alpha value is -2.85. The molecule has 0 bridgehead atoms. The lowest BCUT2D eigenvalue weighted by Gasteiger charge is -2.41. The van der Waals surface area contributed by atoms with Crippen molar-refractivity contribution in [3.05, 3.63) is 24.0 Å². The first kappa shape index (κ1) is 21.8. The van der Waals surface area contributed by atoms with Crippen LogP contribution in [0.2, 0.25) is 0 Å². The number of nitrogens with zero attached hydrogens (tertiary/aromatic N) is 2. The van der Waals surface area contributed by atoms with Crippen molar-refractivity contribution in [2.45, 2.75) is 45.8 Å². The number of carbonyl (C=O) groups excluding carboxylic acids is 1. The van der Waals surface area contributed by atoms with Crippen LogP contribution >= 0.6 is 0 Å². The molecule has 0 spiro atoms. The molecule has 30 heavy (non-hydrogen) atoms. The molecule has 1 amide bonds. The third-order valence-electron chi connectivity index (χ3n) is 5.12. The predicted octanol–water partition coefficient (Wildman–Crippen LogP) is 3.83. The summed E-state index contributed by atoms with van der Waals surface area (Å²) in [5, 5.41) is 10.5. The smallest absolute Gasteiger partial charge is 0.410 e. The zero-order chi connectivity index (χ0) is 22.1. The van der Waals surface area contributed by atoms with Gasteiger partial charge in [-0.05, 0) is 46.8 Å². The first-order chi connectivity index (χ1) is 14.0. The van der Waals surface area contributed by atoms with E-state index in [0.29, 0.717) is 48.5 Å². The summed E-state index contributed by atoms with van der Waals surface area (Å²) in [6, 6.07) is 3.52. The molecule has 1 aromatic carbocycles. The lowest BCUT2D eigenvalue weighted by atomic mass is 10.0. The highest BCUT2D eigenvalue weighted by atomic mass is 16.6. The van der Waals surface area contributed by atoms with E-state index in [-0.39, 0.29) is 11.8 Å². The Bertz CT molecular complexity index is 983. The molecule has 1 aromatic heterocycles. The molecule has 0 aliphatic carbocycles. The van der Waals surface area contributed by atoms with Gasteiger partial charge in [0, 0.05) is 26.2 Å². The van der Waals surface area contributed by atoms with Crippen LogP contribution in [0, 0.1) is 11.8 Å². The summed E-state index contributed by atoms with van der Waals surface area (Å²) in [5.41, 5.74) is 0.182. The maximum atomic E-state index is 12.3. The summed E-state index contributed by atoms with van der Waals surface area (Å²) >= 11 is 0. The van der Waals surface area contributed by atoms with Crippen LogP contribution < -0.4 is 4.74 Å². The number of fused-ring (bicyclic) bond motifs is 1. The third-order valence-corrected chi connectivity index (χ3v) is 5.12. The van der Waals surface area contributed by atoms with Crippen LogP contribution in [0.15, 0.2) is 22.8 Å². The van der Waals surface area contributed by atoms with Gasteiger partial charge in [0.2, 0.25) is 0 Å². The number of methoxy groups -OCH3 is 1. The minimum absolute atomic E-state index is 0.0771. The van der Waals surface area contributed by atoms with E-state index in [1.54, 1.807) is 24.1 Å². The summed E-state index contributed by atoms with van der Waals surface area (Å²) in [7, 11) is 1.58. The second-order valence-corrected chi connectivity index (χ2v) is 8.90. The zero-order valence-electron chi connectivity index (χ0n) is 18.5. The average Bonchev–Trinajstić information content (AvgIpc) is 3.06. The van der Waals surface area contributed by atoms with Gasteiger partial charge < -0.3 is 23.9 Å². The SMILES string of the molecule is COc1ccc2c(O)coc2c1C#CC(C)(C)N1CCN(C(=O)OC(C)(C)C)CC1. The highest BCUT2D eigenvalue weighted by Crippen LogP contribution is 2.34. The number of amides is 1. The van der Waals surface area contributed by atoms with Crippen molar-refractivity contribution >= 4 is 17.1 Å². The molecule has 1 aliphatic heterocycles. The molecule has 1 fully saturated rings. The van der Waals surface area contributed by atoms with Crippen LogP contribution in [0.3, 0.4) is 0 Å². The van der Waals surface area contributed by atoms with Crippen LogP contribution in [-0.2, 0) is 4.74 Å². The topological polar surface area (TPSA) is 75.4 Å². The lowest BCUT2D eigenvalue weighted by molar-refractivity contribution is 0.00782. The van der Waals surface area contributed by atoms with Gasteiger partial charge in [-0.2, -0.15) is 0 Å². The van der Waals surface area contributed by atoms with Crippen LogP contribution in [0.25, 0.3) is 11.0 Å². The van der Waals surface area contributed by atoms with Crippen LogP contribution in [-0.4, -0.2) is 65.4 Å². The molecule has 1 saturated heterocycles. The van der Waals surface area contributed by atoms with Crippen molar-refractivity contribution in [3.63, 3.8) is 0 Å². The summed E-state index contributed by atoms with van der Waals surface area (Å²) in [5.74, 6) is 7.19. The zero-order valence-corrected chi connectivity index (χ0v) is 18.5. The molecule has 0 radical (unpaired) electrons. The molecule has 2 heterocycles. The maximum Gasteiger partial charge on any atom is 0.410 e. The minimum Gasteiger partial charge on any atom is -0.504 e. The molecule has 0 saturated carbocycles. The van der Waals surface area contributed by atoms with Crippen molar-refractivity contribution in [1.29, 1.82) is 0 Å². The Morgan fingerprint density at radius 2 is 1.80 bits per heavy atom. The Balaban J connectivity index is 1.76. The number of aromatic hydroxyl groups is 1. The fourth-order valence-electron chi connectivity index (χ4n) is 3.42. The number of furan rings is 1. The van der Waals surface area contributed by atoms with Crippen molar-refractivity contribution in [1.82, 2.24) is 9.80 Å². The Labute approximate surface area is 177 Å². The van der Waals surface area contributed by atoms with Crippen LogP contribution in [0.4, 0.5) is 4.79 Å². The maximum absolute atomic E-state index is 12.3. The quantitative estimate of drug-likeness (QED) is 0.753.